The number of halogens is 3. The Labute approximate surface area is 167 Å². The Morgan fingerprint density at radius 2 is 0.931 bits per heavy atom. The molecule has 0 unspecified atom stereocenters. The van der Waals surface area contributed by atoms with Gasteiger partial charge in [0.2, 0.25) is 0 Å². The first-order valence-electron chi connectivity index (χ1n) is 9.45. The van der Waals surface area contributed by atoms with Gasteiger partial charge in [-0.25, -0.2) is 0 Å². The van der Waals surface area contributed by atoms with Crippen molar-refractivity contribution >= 4 is 0 Å². The minimum Gasteiger partial charge on any atom is -0.166 e. The molecule has 0 saturated heterocycles. The predicted octanol–water partition coefficient (Wildman–Crippen LogP) is 7.07. The van der Waals surface area contributed by atoms with Crippen molar-refractivity contribution in [3.63, 3.8) is 0 Å². The lowest BCUT2D eigenvalue weighted by Gasteiger charge is -2.34. The van der Waals surface area contributed by atoms with Gasteiger partial charge >= 0.3 is 6.18 Å². The molecule has 4 aromatic rings. The quantitative estimate of drug-likeness (QED) is 0.304. The maximum absolute atomic E-state index is 13.2. The highest BCUT2D eigenvalue weighted by atomic mass is 19.4. The van der Waals surface area contributed by atoms with Gasteiger partial charge in [-0.2, -0.15) is 13.2 Å². The number of fused-ring (bicyclic) bond motifs is 3. The lowest BCUT2D eigenvalue weighted by Crippen LogP contribution is -2.28. The van der Waals surface area contributed by atoms with Crippen molar-refractivity contribution < 1.29 is 13.2 Å². The van der Waals surface area contributed by atoms with E-state index in [0.29, 0.717) is 0 Å². The Morgan fingerprint density at radius 3 is 1.45 bits per heavy atom. The van der Waals surface area contributed by atoms with Gasteiger partial charge in [-0.1, -0.05) is 91.0 Å². The fourth-order valence-corrected chi connectivity index (χ4v) is 4.62. The van der Waals surface area contributed by atoms with E-state index in [0.717, 1.165) is 33.4 Å². The van der Waals surface area contributed by atoms with Crippen LogP contribution in [-0.4, -0.2) is 0 Å². The second-order valence-corrected chi connectivity index (χ2v) is 7.28. The molecule has 0 N–H and O–H groups in total. The van der Waals surface area contributed by atoms with Crippen LogP contribution in [0.3, 0.4) is 0 Å². The molecule has 142 valence electrons. The third-order valence-corrected chi connectivity index (χ3v) is 5.80. The maximum Gasteiger partial charge on any atom is 0.416 e. The first-order chi connectivity index (χ1) is 14.0. The van der Waals surface area contributed by atoms with Crippen LogP contribution in [0.15, 0.2) is 103 Å². The molecule has 0 spiro atoms. The summed E-state index contributed by atoms with van der Waals surface area (Å²) < 4.78 is 39.6. The highest BCUT2D eigenvalue weighted by Crippen LogP contribution is 2.55. The van der Waals surface area contributed by atoms with Crippen molar-refractivity contribution in [1.29, 1.82) is 0 Å². The first-order valence-corrected chi connectivity index (χ1v) is 9.45. The van der Waals surface area contributed by atoms with E-state index in [1.807, 2.05) is 42.5 Å². The Bertz CT molecular complexity index is 1130. The van der Waals surface area contributed by atoms with Crippen LogP contribution >= 0.6 is 0 Å². The highest BCUT2D eigenvalue weighted by molar-refractivity contribution is 5.86. The molecule has 0 nitrogen and oxygen atoms in total. The van der Waals surface area contributed by atoms with Crippen LogP contribution < -0.4 is 0 Å². The van der Waals surface area contributed by atoms with E-state index in [1.165, 1.54) is 12.1 Å². The Hall–Kier alpha value is -3.33. The summed E-state index contributed by atoms with van der Waals surface area (Å²) in [5.74, 6) is 0. The van der Waals surface area contributed by atoms with Crippen molar-refractivity contribution in [3.05, 3.63) is 131 Å². The van der Waals surface area contributed by atoms with E-state index in [4.69, 9.17) is 0 Å². The van der Waals surface area contributed by atoms with Gasteiger partial charge in [0.15, 0.2) is 0 Å². The van der Waals surface area contributed by atoms with Crippen LogP contribution in [0, 0.1) is 0 Å². The monoisotopic (exact) mass is 386 g/mol. The number of hydrogen-bond donors (Lipinski definition) is 0. The third-order valence-electron chi connectivity index (χ3n) is 5.80. The van der Waals surface area contributed by atoms with Crippen molar-refractivity contribution in [2.24, 2.45) is 0 Å². The fourth-order valence-electron chi connectivity index (χ4n) is 4.62. The topological polar surface area (TPSA) is 0 Å². The van der Waals surface area contributed by atoms with Crippen LogP contribution in [0.2, 0.25) is 0 Å². The van der Waals surface area contributed by atoms with Gasteiger partial charge in [0.05, 0.1) is 11.0 Å². The molecule has 4 aromatic carbocycles. The molecule has 1 aliphatic rings. The normalized spacial score (nSPS) is 14.3. The molecule has 0 saturated carbocycles. The van der Waals surface area contributed by atoms with Gasteiger partial charge in [-0.05, 0) is 45.5 Å². The number of rotatable bonds is 2. The molecular weight excluding hydrogens is 369 g/mol. The molecule has 0 amide bonds. The van der Waals surface area contributed by atoms with Gasteiger partial charge in [-0.3, -0.25) is 0 Å². The van der Waals surface area contributed by atoms with Crippen LogP contribution in [0.25, 0.3) is 11.1 Å². The number of alkyl halides is 3. The van der Waals surface area contributed by atoms with E-state index < -0.39 is 17.2 Å². The summed E-state index contributed by atoms with van der Waals surface area (Å²) in [5, 5.41) is 0. The molecule has 0 radical (unpaired) electrons. The number of benzene rings is 4. The van der Waals surface area contributed by atoms with E-state index in [2.05, 4.69) is 36.4 Å². The summed E-state index contributed by atoms with van der Waals surface area (Å²) in [5.41, 5.74) is 4.99. The molecule has 3 heteroatoms. The van der Waals surface area contributed by atoms with Gasteiger partial charge in [0.1, 0.15) is 0 Å². The summed E-state index contributed by atoms with van der Waals surface area (Å²) in [6, 6.07) is 32.0. The zero-order valence-electron chi connectivity index (χ0n) is 15.4. The lowest BCUT2D eigenvalue weighted by molar-refractivity contribution is -0.137. The molecular formula is C26H17F3. The first kappa shape index (κ1) is 17.7. The van der Waals surface area contributed by atoms with Gasteiger partial charge < -0.3 is 0 Å². The molecule has 0 atom stereocenters. The third kappa shape index (κ3) is 2.54. The van der Waals surface area contributed by atoms with E-state index >= 15 is 0 Å². The molecule has 0 aliphatic heterocycles. The van der Waals surface area contributed by atoms with E-state index in [9.17, 15) is 13.2 Å². The zero-order chi connectivity index (χ0) is 20.1. The second kappa shape index (κ2) is 6.35. The molecule has 0 fully saturated rings. The summed E-state index contributed by atoms with van der Waals surface area (Å²) >= 11 is 0. The van der Waals surface area contributed by atoms with Crippen LogP contribution in [-0.2, 0) is 11.6 Å². The molecule has 0 aromatic heterocycles. The molecule has 1 aliphatic carbocycles. The average Bonchev–Trinajstić information content (AvgIpc) is 3.05. The van der Waals surface area contributed by atoms with Crippen molar-refractivity contribution in [1.82, 2.24) is 0 Å². The SMILES string of the molecule is FC(F)(F)c1ccc(C2(c3ccccc3)c3ccccc3-c3ccccc32)cc1. The summed E-state index contributed by atoms with van der Waals surface area (Å²) in [6.45, 7) is 0. The molecule has 0 heterocycles. The van der Waals surface area contributed by atoms with Crippen LogP contribution in [0.5, 0.6) is 0 Å². The number of hydrogen-bond acceptors (Lipinski definition) is 0. The van der Waals surface area contributed by atoms with E-state index in [-0.39, 0.29) is 0 Å². The Morgan fingerprint density at radius 1 is 0.483 bits per heavy atom. The summed E-state index contributed by atoms with van der Waals surface area (Å²) in [7, 11) is 0. The molecule has 29 heavy (non-hydrogen) atoms. The Balaban J connectivity index is 1.87. The van der Waals surface area contributed by atoms with Gasteiger partial charge in [-0.15, -0.1) is 0 Å². The highest BCUT2D eigenvalue weighted by Gasteiger charge is 2.46. The molecule has 5 rings (SSSR count). The lowest BCUT2D eigenvalue weighted by atomic mass is 9.67. The minimum atomic E-state index is -4.36. The summed E-state index contributed by atoms with van der Waals surface area (Å²) in [4.78, 5) is 0. The maximum atomic E-state index is 13.2. The Kier molecular flexibility index (Phi) is 3.88. The van der Waals surface area contributed by atoms with Crippen molar-refractivity contribution in [2.75, 3.05) is 0 Å². The van der Waals surface area contributed by atoms with Gasteiger partial charge in [0, 0.05) is 0 Å². The largest absolute Gasteiger partial charge is 0.416 e. The van der Waals surface area contributed by atoms with Crippen molar-refractivity contribution in [3.8, 4) is 11.1 Å². The van der Waals surface area contributed by atoms with Gasteiger partial charge in [0.25, 0.3) is 0 Å². The molecule has 0 bridgehead atoms. The average molecular weight is 386 g/mol. The van der Waals surface area contributed by atoms with Crippen LogP contribution in [0.1, 0.15) is 27.8 Å². The fraction of sp³-hybridized carbons (Fsp3) is 0.0769. The summed E-state index contributed by atoms with van der Waals surface area (Å²) in [6.07, 6.45) is -4.36. The smallest absolute Gasteiger partial charge is 0.166 e. The second-order valence-electron chi connectivity index (χ2n) is 7.28. The minimum absolute atomic E-state index is 0.635. The zero-order valence-corrected chi connectivity index (χ0v) is 15.4. The standard InChI is InChI=1S/C26H17F3/c27-26(28,29)20-16-14-19(15-17-20)25(18-8-2-1-3-9-18)23-12-6-4-10-21(23)22-11-5-7-13-24(22)25/h1-17H. The van der Waals surface area contributed by atoms with E-state index in [1.54, 1.807) is 12.1 Å². The van der Waals surface area contributed by atoms with Crippen molar-refractivity contribution in [2.45, 2.75) is 11.6 Å². The predicted molar refractivity (Wildman–Crippen MR) is 109 cm³/mol. The van der Waals surface area contributed by atoms with Crippen LogP contribution in [0.4, 0.5) is 13.2 Å².